The molecule has 4 aromatic rings. The number of carbonyl (C=O) groups excluding carboxylic acids is 2. The first-order valence-electron chi connectivity index (χ1n) is 14.1. The van der Waals surface area contributed by atoms with E-state index in [2.05, 4.69) is 28.5 Å². The van der Waals surface area contributed by atoms with Crippen molar-refractivity contribution >= 4 is 39.5 Å². The van der Waals surface area contributed by atoms with E-state index in [1.54, 1.807) is 12.1 Å². The highest BCUT2D eigenvalue weighted by Gasteiger charge is 2.33. The number of Topliss-reactive ketones (excluding diaryl/α,β-unsaturated/α-hetero) is 1. The number of piperidine rings is 1. The number of urea groups is 1. The minimum atomic E-state index is -0.356. The zero-order valence-electron chi connectivity index (χ0n) is 22.9. The fraction of sp³-hybridized carbons (Fsp3) is 0.387. The molecule has 2 aliphatic heterocycles. The number of fused-ring (bicyclic) bond motifs is 1. The number of hydrogen-bond donors (Lipinski definition) is 0. The maximum Gasteiger partial charge on any atom is 0.320 e. The summed E-state index contributed by atoms with van der Waals surface area (Å²) >= 11 is 0. The molecule has 1 fully saturated rings. The summed E-state index contributed by atoms with van der Waals surface area (Å²) in [5.74, 6) is -0.286. The van der Waals surface area contributed by atoms with Crippen LogP contribution in [0.1, 0.15) is 42.5 Å². The first kappa shape index (κ1) is 25.0. The Morgan fingerprint density at radius 2 is 1.88 bits per heavy atom. The largest absolute Gasteiger partial charge is 0.345 e. The lowest BCUT2D eigenvalue weighted by atomic mass is 9.98. The van der Waals surface area contributed by atoms with Gasteiger partial charge in [0, 0.05) is 74.1 Å². The van der Waals surface area contributed by atoms with Crippen molar-refractivity contribution in [1.82, 2.24) is 28.7 Å². The van der Waals surface area contributed by atoms with Crippen LogP contribution >= 0.6 is 0 Å². The minimum absolute atomic E-state index is 0.0177. The zero-order chi connectivity index (χ0) is 27.5. The molecule has 3 aromatic heterocycles. The van der Waals surface area contributed by atoms with Crippen LogP contribution in [0.15, 0.2) is 48.9 Å². The quantitative estimate of drug-likeness (QED) is 0.379. The number of nitrogens with zero attached hydrogens (tertiary/aromatic N) is 6. The van der Waals surface area contributed by atoms with Gasteiger partial charge in [0.15, 0.2) is 5.78 Å². The topological polar surface area (TPSA) is 66.1 Å². The van der Waals surface area contributed by atoms with Crippen LogP contribution in [0, 0.1) is 5.82 Å². The van der Waals surface area contributed by atoms with Crippen molar-refractivity contribution in [2.24, 2.45) is 0 Å². The standard InChI is InChI=1S/C31H33FN6O2/c1-34(2)22-8-11-35(12-9-22)31(40)37-14-13-36-19-25(24-16-21(32)15-20(18-37)30(24)36)29-23(6-7-27(29)39)26-17-33-28-5-3-4-10-38(26)28/h3-5,10,15-17,19,22H,6-9,11-14,18H2,1-2H3. The Morgan fingerprint density at radius 3 is 2.67 bits per heavy atom. The predicted molar refractivity (Wildman–Crippen MR) is 152 cm³/mol. The number of allylic oxidation sites excluding steroid dienone is 2. The summed E-state index contributed by atoms with van der Waals surface area (Å²) in [7, 11) is 4.18. The fourth-order valence-electron chi connectivity index (χ4n) is 6.82. The second-order valence-corrected chi connectivity index (χ2v) is 11.4. The van der Waals surface area contributed by atoms with Crippen LogP contribution in [0.4, 0.5) is 9.18 Å². The second kappa shape index (κ2) is 9.59. The molecule has 0 unspecified atom stereocenters. The van der Waals surface area contributed by atoms with Crippen LogP contribution < -0.4 is 0 Å². The molecule has 3 aliphatic rings. The molecule has 0 N–H and O–H groups in total. The third-order valence-corrected chi connectivity index (χ3v) is 8.90. The number of pyridine rings is 1. The summed E-state index contributed by atoms with van der Waals surface area (Å²) in [5.41, 5.74) is 5.78. The van der Waals surface area contributed by atoms with Gasteiger partial charge in [-0.3, -0.25) is 9.20 Å². The molecule has 206 valence electrons. The smallest absolute Gasteiger partial charge is 0.320 e. The highest BCUT2D eigenvalue weighted by atomic mass is 19.1. The Labute approximate surface area is 232 Å². The van der Waals surface area contributed by atoms with Crippen LogP contribution in [-0.4, -0.2) is 80.2 Å². The van der Waals surface area contributed by atoms with E-state index in [0.717, 1.165) is 64.9 Å². The molecule has 5 heterocycles. The van der Waals surface area contributed by atoms with Crippen molar-refractivity contribution in [2.75, 3.05) is 33.7 Å². The molecule has 40 heavy (non-hydrogen) atoms. The number of aromatic nitrogens is 3. The van der Waals surface area contributed by atoms with Crippen molar-refractivity contribution in [3.8, 4) is 0 Å². The summed E-state index contributed by atoms with van der Waals surface area (Å²) in [5, 5.41) is 0.729. The lowest BCUT2D eigenvalue weighted by molar-refractivity contribution is -0.113. The van der Waals surface area contributed by atoms with Gasteiger partial charge in [0.2, 0.25) is 0 Å². The monoisotopic (exact) mass is 540 g/mol. The first-order valence-corrected chi connectivity index (χ1v) is 14.1. The molecule has 0 saturated carbocycles. The minimum Gasteiger partial charge on any atom is -0.345 e. The third-order valence-electron chi connectivity index (χ3n) is 8.90. The number of rotatable bonds is 3. The van der Waals surface area contributed by atoms with E-state index in [-0.39, 0.29) is 17.6 Å². The second-order valence-electron chi connectivity index (χ2n) is 11.4. The highest BCUT2D eigenvalue weighted by Crippen LogP contribution is 2.42. The van der Waals surface area contributed by atoms with Crippen LogP contribution in [-0.2, 0) is 17.9 Å². The van der Waals surface area contributed by atoms with Crippen molar-refractivity contribution in [1.29, 1.82) is 0 Å². The van der Waals surface area contributed by atoms with Crippen molar-refractivity contribution in [3.63, 3.8) is 0 Å². The number of halogens is 1. The van der Waals surface area contributed by atoms with Crippen LogP contribution in [0.3, 0.4) is 0 Å². The van der Waals surface area contributed by atoms with Crippen LogP contribution in [0.5, 0.6) is 0 Å². The van der Waals surface area contributed by atoms with Gasteiger partial charge in [-0.2, -0.15) is 0 Å². The third kappa shape index (κ3) is 4.02. The first-order chi connectivity index (χ1) is 19.4. The number of benzene rings is 1. The molecular formula is C31H33FN6O2. The molecule has 0 radical (unpaired) electrons. The Hall–Kier alpha value is -3.98. The Morgan fingerprint density at radius 1 is 1.05 bits per heavy atom. The lowest BCUT2D eigenvalue weighted by Gasteiger charge is -2.37. The van der Waals surface area contributed by atoms with E-state index in [9.17, 15) is 9.59 Å². The van der Waals surface area contributed by atoms with Gasteiger partial charge in [0.1, 0.15) is 11.5 Å². The van der Waals surface area contributed by atoms with Gasteiger partial charge in [-0.25, -0.2) is 14.2 Å². The Kier molecular flexibility index (Phi) is 6.00. The predicted octanol–water partition coefficient (Wildman–Crippen LogP) is 4.66. The molecular weight excluding hydrogens is 507 g/mol. The van der Waals surface area contributed by atoms with Crippen molar-refractivity contribution < 1.29 is 14.0 Å². The van der Waals surface area contributed by atoms with Crippen LogP contribution in [0.2, 0.25) is 0 Å². The molecule has 8 nitrogen and oxygen atoms in total. The number of carbonyl (C=O) groups is 2. The molecule has 1 saturated heterocycles. The summed E-state index contributed by atoms with van der Waals surface area (Å²) < 4.78 is 19.3. The molecule has 7 rings (SSSR count). The Balaban J connectivity index is 1.26. The normalized spacial score (nSPS) is 18.6. The maximum absolute atomic E-state index is 15.2. The van der Waals surface area contributed by atoms with E-state index in [4.69, 9.17) is 0 Å². The van der Waals surface area contributed by atoms with E-state index < -0.39 is 0 Å². The molecule has 9 heteroatoms. The summed E-state index contributed by atoms with van der Waals surface area (Å²) in [6.07, 6.45) is 8.73. The van der Waals surface area contributed by atoms with Gasteiger partial charge in [-0.15, -0.1) is 0 Å². The zero-order valence-corrected chi connectivity index (χ0v) is 22.9. The molecule has 0 spiro atoms. The van der Waals surface area contributed by atoms with Gasteiger partial charge in [0.05, 0.1) is 17.4 Å². The summed E-state index contributed by atoms with van der Waals surface area (Å²) in [4.78, 5) is 37.4. The van der Waals surface area contributed by atoms with E-state index in [1.807, 2.05) is 51.0 Å². The molecule has 0 bridgehead atoms. The van der Waals surface area contributed by atoms with Gasteiger partial charge in [-0.05, 0) is 68.8 Å². The van der Waals surface area contributed by atoms with Gasteiger partial charge < -0.3 is 19.3 Å². The number of likely N-dealkylation sites (tertiary alicyclic amines) is 1. The Bertz CT molecular complexity index is 1690. The van der Waals surface area contributed by atoms with Crippen molar-refractivity contribution in [2.45, 2.75) is 44.8 Å². The summed E-state index contributed by atoms with van der Waals surface area (Å²) in [6.45, 7) is 2.92. The van der Waals surface area contributed by atoms with Crippen molar-refractivity contribution in [3.05, 3.63) is 71.6 Å². The van der Waals surface area contributed by atoms with Gasteiger partial charge in [-0.1, -0.05) is 6.07 Å². The van der Waals surface area contributed by atoms with Gasteiger partial charge in [0.25, 0.3) is 0 Å². The molecule has 1 aromatic carbocycles. The SMILES string of the molecule is CN(C)C1CCN(C(=O)N2CCn3cc(C4=C(c5cnc6ccccn56)CCC4=O)c4cc(F)cc(c43)C2)CC1. The highest BCUT2D eigenvalue weighted by molar-refractivity contribution is 6.33. The van der Waals surface area contributed by atoms with Crippen LogP contribution in [0.25, 0.3) is 27.7 Å². The average molecular weight is 541 g/mol. The van der Waals surface area contributed by atoms with Gasteiger partial charge >= 0.3 is 6.03 Å². The van der Waals surface area contributed by atoms with E-state index in [0.29, 0.717) is 44.1 Å². The summed E-state index contributed by atoms with van der Waals surface area (Å²) in [6, 6.07) is 9.43. The number of hydrogen-bond acceptors (Lipinski definition) is 4. The number of amides is 2. The number of imidazole rings is 1. The maximum atomic E-state index is 15.2. The molecule has 2 amide bonds. The number of ketones is 1. The van der Waals surface area contributed by atoms with E-state index >= 15 is 4.39 Å². The lowest BCUT2D eigenvalue weighted by Crippen LogP contribution is -2.49. The average Bonchev–Trinajstić information content (AvgIpc) is 3.61. The van der Waals surface area contributed by atoms with E-state index in [1.165, 1.54) is 0 Å². The molecule has 1 aliphatic carbocycles. The molecule has 0 atom stereocenters. The fourth-order valence-corrected chi connectivity index (χ4v) is 6.82.